The number of aryl methyl sites for hydroxylation is 1. The number of nitrogens with one attached hydrogen (secondary N) is 1. The molecule has 6 nitrogen and oxygen atoms in total. The van der Waals surface area contributed by atoms with Gasteiger partial charge in [0.05, 0.1) is 11.8 Å². The smallest absolute Gasteiger partial charge is 0.307 e. The van der Waals surface area contributed by atoms with Crippen LogP contribution in [-0.4, -0.2) is 40.9 Å². The normalized spacial score (nSPS) is 25.4. The summed E-state index contributed by atoms with van der Waals surface area (Å²) in [6.45, 7) is 5.58. The zero-order valence-electron chi connectivity index (χ0n) is 14.6. The fourth-order valence-corrected chi connectivity index (χ4v) is 3.48. The molecule has 3 atom stereocenters. The van der Waals surface area contributed by atoms with Gasteiger partial charge in [0.1, 0.15) is 0 Å². The van der Waals surface area contributed by atoms with Gasteiger partial charge in [-0.25, -0.2) is 0 Å². The molecule has 1 aromatic rings. The summed E-state index contributed by atoms with van der Waals surface area (Å²) in [5.41, 5.74) is 2.06. The Kier molecular flexibility index (Phi) is 4.79. The number of piperidine rings is 1. The van der Waals surface area contributed by atoms with E-state index in [9.17, 15) is 14.4 Å². The van der Waals surface area contributed by atoms with E-state index in [2.05, 4.69) is 12.2 Å². The van der Waals surface area contributed by atoms with Crippen LogP contribution in [-0.2, 0) is 9.59 Å². The molecule has 1 saturated carbocycles. The number of anilines is 1. The highest BCUT2D eigenvalue weighted by Crippen LogP contribution is 2.39. The van der Waals surface area contributed by atoms with E-state index in [4.69, 9.17) is 5.11 Å². The van der Waals surface area contributed by atoms with Gasteiger partial charge in [-0.05, 0) is 55.9 Å². The van der Waals surface area contributed by atoms with Crippen LogP contribution in [0.4, 0.5) is 5.69 Å². The Hall–Kier alpha value is -2.37. The van der Waals surface area contributed by atoms with Gasteiger partial charge in [-0.3, -0.25) is 14.4 Å². The molecule has 1 aliphatic heterocycles. The molecule has 1 aromatic carbocycles. The summed E-state index contributed by atoms with van der Waals surface area (Å²) in [5, 5.41) is 11.7. The molecule has 134 valence electrons. The van der Waals surface area contributed by atoms with Gasteiger partial charge in [0.2, 0.25) is 5.91 Å². The van der Waals surface area contributed by atoms with Crippen LogP contribution < -0.4 is 5.32 Å². The largest absolute Gasteiger partial charge is 0.481 e. The number of benzene rings is 1. The molecule has 0 radical (unpaired) electrons. The van der Waals surface area contributed by atoms with Crippen molar-refractivity contribution in [1.29, 1.82) is 0 Å². The number of carbonyl (C=O) groups excluding carboxylic acids is 2. The zero-order chi connectivity index (χ0) is 18.1. The summed E-state index contributed by atoms with van der Waals surface area (Å²) in [7, 11) is 0. The van der Waals surface area contributed by atoms with Crippen molar-refractivity contribution in [2.45, 2.75) is 33.1 Å². The van der Waals surface area contributed by atoms with Crippen molar-refractivity contribution in [1.82, 2.24) is 4.90 Å². The second kappa shape index (κ2) is 6.86. The van der Waals surface area contributed by atoms with Gasteiger partial charge in [0.15, 0.2) is 0 Å². The van der Waals surface area contributed by atoms with Gasteiger partial charge < -0.3 is 15.3 Å². The van der Waals surface area contributed by atoms with Gasteiger partial charge in [-0.2, -0.15) is 0 Å². The van der Waals surface area contributed by atoms with E-state index in [0.717, 1.165) is 31.5 Å². The van der Waals surface area contributed by atoms with Gasteiger partial charge in [-0.1, -0.05) is 6.92 Å². The van der Waals surface area contributed by atoms with E-state index in [1.165, 1.54) is 0 Å². The number of likely N-dealkylation sites (tertiary alicyclic amines) is 1. The molecule has 25 heavy (non-hydrogen) atoms. The number of rotatable bonds is 4. The van der Waals surface area contributed by atoms with Crippen molar-refractivity contribution >= 4 is 23.5 Å². The fourth-order valence-electron chi connectivity index (χ4n) is 3.48. The van der Waals surface area contributed by atoms with Crippen LogP contribution >= 0.6 is 0 Å². The minimum atomic E-state index is -0.923. The van der Waals surface area contributed by atoms with Crippen molar-refractivity contribution in [3.63, 3.8) is 0 Å². The first-order valence-corrected chi connectivity index (χ1v) is 8.80. The molecule has 3 rings (SSSR count). The Bertz CT molecular complexity index is 715. The first kappa shape index (κ1) is 17.5. The predicted octanol–water partition coefficient (Wildman–Crippen LogP) is 2.53. The number of carbonyl (C=O) groups is 3. The molecule has 1 heterocycles. The second-order valence-corrected chi connectivity index (χ2v) is 7.30. The van der Waals surface area contributed by atoms with Crippen LogP contribution in [0, 0.1) is 24.7 Å². The van der Waals surface area contributed by atoms with E-state index in [1.807, 2.05) is 11.8 Å². The summed E-state index contributed by atoms with van der Waals surface area (Å²) in [4.78, 5) is 37.5. The van der Waals surface area contributed by atoms with Gasteiger partial charge in [-0.15, -0.1) is 0 Å². The van der Waals surface area contributed by atoms with Gasteiger partial charge in [0.25, 0.3) is 5.91 Å². The molecule has 0 spiro atoms. The standard InChI is InChI=1S/C19H24N2O4/c1-11-4-3-7-21(10-11)18(23)13-5-6-16(12(2)8-13)20-17(22)14-9-15(14)19(24)25/h5-6,8,11,14-15H,3-4,7,9-10H2,1-2H3,(H,20,22)(H,24,25). The fraction of sp³-hybridized carbons (Fsp3) is 0.526. The molecule has 2 amide bonds. The lowest BCUT2D eigenvalue weighted by molar-refractivity contribution is -0.139. The van der Waals surface area contributed by atoms with Crippen molar-refractivity contribution in [2.24, 2.45) is 17.8 Å². The summed E-state index contributed by atoms with van der Waals surface area (Å²) < 4.78 is 0. The molecular formula is C19H24N2O4. The van der Waals surface area contributed by atoms with E-state index < -0.39 is 17.8 Å². The lowest BCUT2D eigenvalue weighted by atomic mass is 9.99. The molecular weight excluding hydrogens is 320 g/mol. The maximum Gasteiger partial charge on any atom is 0.307 e. The molecule has 0 aromatic heterocycles. The van der Waals surface area contributed by atoms with Crippen LogP contribution in [0.2, 0.25) is 0 Å². The summed E-state index contributed by atoms with van der Waals surface area (Å²) in [5.74, 6) is -1.65. The highest BCUT2D eigenvalue weighted by atomic mass is 16.4. The molecule has 0 bridgehead atoms. The number of carboxylic acid groups (broad SMARTS) is 1. The van der Waals surface area contributed by atoms with E-state index in [0.29, 0.717) is 23.6 Å². The van der Waals surface area contributed by atoms with Crippen molar-refractivity contribution in [3.8, 4) is 0 Å². The third-order valence-corrected chi connectivity index (χ3v) is 5.12. The first-order valence-electron chi connectivity index (χ1n) is 8.80. The number of aliphatic carboxylic acids is 1. The van der Waals surface area contributed by atoms with E-state index in [-0.39, 0.29) is 11.8 Å². The van der Waals surface area contributed by atoms with Crippen molar-refractivity contribution in [3.05, 3.63) is 29.3 Å². The van der Waals surface area contributed by atoms with Crippen LogP contribution in [0.15, 0.2) is 18.2 Å². The third-order valence-electron chi connectivity index (χ3n) is 5.12. The van der Waals surface area contributed by atoms with Crippen LogP contribution in [0.3, 0.4) is 0 Å². The monoisotopic (exact) mass is 344 g/mol. The lowest BCUT2D eigenvalue weighted by Crippen LogP contribution is -2.39. The number of amides is 2. The molecule has 2 N–H and O–H groups in total. The first-order chi connectivity index (χ1) is 11.9. The minimum absolute atomic E-state index is 0.0284. The predicted molar refractivity (Wildman–Crippen MR) is 93.3 cm³/mol. The molecule has 6 heteroatoms. The Morgan fingerprint density at radius 2 is 2.00 bits per heavy atom. The summed E-state index contributed by atoms with van der Waals surface area (Å²) in [6.07, 6.45) is 2.59. The number of carboxylic acids is 1. The third kappa shape index (κ3) is 3.83. The van der Waals surface area contributed by atoms with E-state index in [1.54, 1.807) is 18.2 Å². The molecule has 1 aliphatic carbocycles. The van der Waals surface area contributed by atoms with Crippen LogP contribution in [0.25, 0.3) is 0 Å². The van der Waals surface area contributed by atoms with E-state index >= 15 is 0 Å². The highest BCUT2D eigenvalue weighted by molar-refractivity contribution is 6.00. The van der Waals surface area contributed by atoms with Crippen molar-refractivity contribution in [2.75, 3.05) is 18.4 Å². The molecule has 1 saturated heterocycles. The van der Waals surface area contributed by atoms with Crippen molar-refractivity contribution < 1.29 is 19.5 Å². The van der Waals surface area contributed by atoms with Gasteiger partial charge in [0, 0.05) is 24.3 Å². The number of hydrogen-bond acceptors (Lipinski definition) is 3. The average molecular weight is 344 g/mol. The quantitative estimate of drug-likeness (QED) is 0.879. The molecule has 3 unspecified atom stereocenters. The number of nitrogens with zero attached hydrogens (tertiary/aromatic N) is 1. The summed E-state index contributed by atoms with van der Waals surface area (Å²) >= 11 is 0. The summed E-state index contributed by atoms with van der Waals surface area (Å²) in [6, 6.07) is 5.25. The minimum Gasteiger partial charge on any atom is -0.481 e. The Balaban J connectivity index is 1.65. The number of hydrogen-bond donors (Lipinski definition) is 2. The van der Waals surface area contributed by atoms with Crippen LogP contribution in [0.5, 0.6) is 0 Å². The molecule has 2 aliphatic rings. The lowest BCUT2D eigenvalue weighted by Gasteiger charge is -2.31. The second-order valence-electron chi connectivity index (χ2n) is 7.30. The zero-order valence-corrected chi connectivity index (χ0v) is 14.6. The van der Waals surface area contributed by atoms with Crippen LogP contribution in [0.1, 0.15) is 42.1 Å². The highest BCUT2D eigenvalue weighted by Gasteiger charge is 2.48. The average Bonchev–Trinajstić information content (AvgIpc) is 3.37. The molecule has 2 fully saturated rings. The maximum absolute atomic E-state index is 12.6. The Morgan fingerprint density at radius 3 is 2.60 bits per heavy atom. The Morgan fingerprint density at radius 1 is 1.24 bits per heavy atom. The Labute approximate surface area is 147 Å². The SMILES string of the molecule is Cc1cc(C(=O)N2CCCC(C)C2)ccc1NC(=O)C1CC1C(=O)O. The van der Waals surface area contributed by atoms with Gasteiger partial charge >= 0.3 is 5.97 Å². The topological polar surface area (TPSA) is 86.7 Å². The maximum atomic E-state index is 12.6.